The summed E-state index contributed by atoms with van der Waals surface area (Å²) < 4.78 is 9.88. The highest BCUT2D eigenvalue weighted by molar-refractivity contribution is 6.32. The molecule has 1 saturated carbocycles. The number of ether oxygens (including phenoxy) is 2. The van der Waals surface area contributed by atoms with E-state index in [1.165, 1.54) is 20.9 Å². The molecular weight excluding hydrogens is 412 g/mol. The lowest BCUT2D eigenvalue weighted by atomic mass is 9.74. The van der Waals surface area contributed by atoms with Crippen molar-refractivity contribution in [2.45, 2.75) is 58.0 Å². The van der Waals surface area contributed by atoms with E-state index >= 15 is 0 Å². The van der Waals surface area contributed by atoms with Crippen LogP contribution in [-0.4, -0.2) is 54.1 Å². The number of ketones is 1. The lowest BCUT2D eigenvalue weighted by Crippen LogP contribution is -2.58. The van der Waals surface area contributed by atoms with Gasteiger partial charge in [-0.15, -0.1) is 0 Å². The maximum Gasteiger partial charge on any atom is 0.413 e. The quantitative estimate of drug-likeness (QED) is 0.353. The Kier molecular flexibility index (Phi) is 9.78. The maximum absolute atomic E-state index is 12.9. The van der Waals surface area contributed by atoms with Gasteiger partial charge in [-0.25, -0.2) is 9.59 Å². The van der Waals surface area contributed by atoms with Crippen molar-refractivity contribution < 1.29 is 28.7 Å². The number of carbonyl (C=O) groups excluding carboxylic acids is 4. The Hall–Kier alpha value is -2.61. The number of Topliss-reactive ketones (excluding diaryl/α,β-unsaturated/α-hetero) is 1. The lowest BCUT2D eigenvalue weighted by molar-refractivity contribution is -0.156. The standard InChI is InChI=1S/C21H29ClN2O6/c1-6-7-10-17(22)14(2)21(12-9-8-11-18(21)26)24(5)20(28)30-13-29-19(27)15(3)23-16(4)25/h6-7,10,15H,2,8-9,11-13H2,1,3-5H3,(H,23,25)/b7-6-,17-10+/t15-,21+/m0/s1. The number of amides is 2. The molecule has 1 rings (SSSR count). The van der Waals surface area contributed by atoms with Crippen molar-refractivity contribution in [2.24, 2.45) is 0 Å². The minimum absolute atomic E-state index is 0.179. The molecule has 8 nitrogen and oxygen atoms in total. The third-order valence-corrected chi connectivity index (χ3v) is 5.23. The van der Waals surface area contributed by atoms with Crippen LogP contribution in [0.15, 0.2) is 35.4 Å². The normalized spacial score (nSPS) is 20.4. The van der Waals surface area contributed by atoms with Gasteiger partial charge in [0.15, 0.2) is 5.78 Å². The molecule has 0 saturated heterocycles. The Morgan fingerprint density at radius 2 is 2.00 bits per heavy atom. The highest BCUT2D eigenvalue weighted by atomic mass is 35.5. The first kappa shape index (κ1) is 25.4. The number of nitrogens with zero attached hydrogens (tertiary/aromatic N) is 1. The molecule has 0 unspecified atom stereocenters. The van der Waals surface area contributed by atoms with Gasteiger partial charge in [0.05, 0.1) is 0 Å². The summed E-state index contributed by atoms with van der Waals surface area (Å²) in [5.41, 5.74) is -1.03. The minimum Gasteiger partial charge on any atom is -0.426 e. The Balaban J connectivity index is 2.92. The van der Waals surface area contributed by atoms with Crippen molar-refractivity contribution in [3.05, 3.63) is 35.4 Å². The molecule has 0 radical (unpaired) electrons. The number of halogens is 1. The van der Waals surface area contributed by atoms with E-state index in [1.807, 2.05) is 6.92 Å². The van der Waals surface area contributed by atoms with Crippen LogP contribution in [0.3, 0.4) is 0 Å². The summed E-state index contributed by atoms with van der Waals surface area (Å²) >= 11 is 6.34. The van der Waals surface area contributed by atoms with Gasteiger partial charge in [0.2, 0.25) is 12.7 Å². The van der Waals surface area contributed by atoms with E-state index < -0.39 is 36.3 Å². The van der Waals surface area contributed by atoms with Crippen molar-refractivity contribution in [3.8, 4) is 0 Å². The molecule has 1 N–H and O–H groups in total. The predicted octanol–water partition coefficient (Wildman–Crippen LogP) is 3.22. The largest absolute Gasteiger partial charge is 0.426 e. The van der Waals surface area contributed by atoms with Gasteiger partial charge in [-0.05, 0) is 44.8 Å². The molecule has 0 heterocycles. The molecule has 2 amide bonds. The molecule has 1 aliphatic carbocycles. The molecule has 9 heteroatoms. The Labute approximate surface area is 181 Å². The van der Waals surface area contributed by atoms with E-state index in [1.54, 1.807) is 18.2 Å². The van der Waals surface area contributed by atoms with E-state index in [9.17, 15) is 19.2 Å². The fourth-order valence-electron chi connectivity index (χ4n) is 3.25. The summed E-state index contributed by atoms with van der Waals surface area (Å²) in [6.45, 7) is 7.85. The second-order valence-corrected chi connectivity index (χ2v) is 7.39. The number of allylic oxidation sites excluding steroid dienone is 3. The number of carbonyl (C=O) groups is 4. The summed E-state index contributed by atoms with van der Waals surface area (Å²) in [6.07, 6.45) is 6.30. The van der Waals surface area contributed by atoms with E-state index in [0.29, 0.717) is 24.8 Å². The third-order valence-electron chi connectivity index (χ3n) is 4.88. The first-order valence-corrected chi connectivity index (χ1v) is 10.0. The molecular formula is C21H29ClN2O6. The fourth-order valence-corrected chi connectivity index (χ4v) is 3.48. The number of esters is 1. The van der Waals surface area contributed by atoms with Crippen LogP contribution in [0.5, 0.6) is 0 Å². The number of hydrogen-bond acceptors (Lipinski definition) is 6. The zero-order chi connectivity index (χ0) is 22.9. The van der Waals surface area contributed by atoms with E-state index in [2.05, 4.69) is 11.9 Å². The van der Waals surface area contributed by atoms with Gasteiger partial charge in [0.1, 0.15) is 11.6 Å². The topological polar surface area (TPSA) is 102 Å². The first-order valence-electron chi connectivity index (χ1n) is 9.63. The smallest absolute Gasteiger partial charge is 0.413 e. The van der Waals surface area contributed by atoms with Crippen LogP contribution in [0.25, 0.3) is 0 Å². The first-order chi connectivity index (χ1) is 14.1. The molecule has 2 atom stereocenters. The average Bonchev–Trinajstić information content (AvgIpc) is 2.70. The molecule has 1 fully saturated rings. The molecule has 0 aromatic carbocycles. The monoisotopic (exact) mass is 440 g/mol. The van der Waals surface area contributed by atoms with Crippen LogP contribution < -0.4 is 5.32 Å². The lowest BCUT2D eigenvalue weighted by Gasteiger charge is -2.43. The van der Waals surface area contributed by atoms with E-state index in [0.717, 1.165) is 4.90 Å². The van der Waals surface area contributed by atoms with Gasteiger partial charge in [0.25, 0.3) is 0 Å². The van der Waals surface area contributed by atoms with Crippen molar-refractivity contribution >= 4 is 35.4 Å². The zero-order valence-electron chi connectivity index (χ0n) is 17.8. The summed E-state index contributed by atoms with van der Waals surface area (Å²) in [5.74, 6) is -1.33. The Bertz CT molecular complexity index is 761. The molecule has 0 aromatic rings. The summed E-state index contributed by atoms with van der Waals surface area (Å²) in [6, 6.07) is -0.888. The van der Waals surface area contributed by atoms with Gasteiger partial charge in [0, 0.05) is 25.4 Å². The SMILES string of the molecule is C=C(/C(Cl)=C\C=C/C)[C@]1(N(C)C(=O)OCOC(=O)[C@H](C)NC(C)=O)CCCCC1=O. The second kappa shape index (κ2) is 11.5. The third kappa shape index (κ3) is 6.19. The van der Waals surface area contributed by atoms with Crippen LogP contribution in [-0.2, 0) is 23.9 Å². The molecule has 1 aliphatic rings. The summed E-state index contributed by atoms with van der Waals surface area (Å²) in [5, 5.41) is 2.63. The highest BCUT2D eigenvalue weighted by Gasteiger charge is 2.49. The second-order valence-electron chi connectivity index (χ2n) is 6.98. The highest BCUT2D eigenvalue weighted by Crippen LogP contribution is 2.40. The number of likely N-dealkylation sites (N-methyl/N-ethyl adjacent to an activating group) is 1. The zero-order valence-corrected chi connectivity index (χ0v) is 18.6. The van der Waals surface area contributed by atoms with Crippen LogP contribution in [0, 0.1) is 0 Å². The van der Waals surface area contributed by atoms with Crippen molar-refractivity contribution in [3.63, 3.8) is 0 Å². The van der Waals surface area contributed by atoms with Crippen LogP contribution in [0.2, 0.25) is 0 Å². The summed E-state index contributed by atoms with van der Waals surface area (Å²) in [4.78, 5) is 49.5. The molecule has 0 bridgehead atoms. The van der Waals surface area contributed by atoms with Gasteiger partial charge in [-0.2, -0.15) is 0 Å². The van der Waals surface area contributed by atoms with Crippen LogP contribution in [0.1, 0.15) is 46.5 Å². The van der Waals surface area contributed by atoms with Crippen LogP contribution in [0.4, 0.5) is 4.79 Å². The number of rotatable bonds is 8. The van der Waals surface area contributed by atoms with Gasteiger partial charge in [-0.3, -0.25) is 14.5 Å². The molecule has 0 spiro atoms. The molecule has 0 aromatic heterocycles. The van der Waals surface area contributed by atoms with Crippen molar-refractivity contribution in [1.82, 2.24) is 10.2 Å². The maximum atomic E-state index is 12.9. The summed E-state index contributed by atoms with van der Waals surface area (Å²) in [7, 11) is 1.43. The fraction of sp³-hybridized carbons (Fsp3) is 0.524. The number of nitrogens with one attached hydrogen (secondary N) is 1. The molecule has 0 aliphatic heterocycles. The number of hydrogen-bond donors (Lipinski definition) is 1. The average molecular weight is 441 g/mol. The van der Waals surface area contributed by atoms with Crippen molar-refractivity contribution in [2.75, 3.05) is 13.8 Å². The van der Waals surface area contributed by atoms with Crippen molar-refractivity contribution in [1.29, 1.82) is 0 Å². The predicted molar refractivity (Wildman–Crippen MR) is 113 cm³/mol. The van der Waals surface area contributed by atoms with Gasteiger partial charge in [-0.1, -0.05) is 30.3 Å². The van der Waals surface area contributed by atoms with Gasteiger partial charge < -0.3 is 14.8 Å². The van der Waals surface area contributed by atoms with E-state index in [4.69, 9.17) is 21.1 Å². The Morgan fingerprint density at radius 3 is 2.57 bits per heavy atom. The molecule has 166 valence electrons. The minimum atomic E-state index is -1.34. The van der Waals surface area contributed by atoms with Crippen LogP contribution >= 0.6 is 11.6 Å². The Morgan fingerprint density at radius 1 is 1.33 bits per heavy atom. The molecule has 30 heavy (non-hydrogen) atoms. The van der Waals surface area contributed by atoms with E-state index in [-0.39, 0.29) is 17.2 Å². The van der Waals surface area contributed by atoms with Gasteiger partial charge >= 0.3 is 12.1 Å².